The lowest BCUT2D eigenvalue weighted by Crippen LogP contribution is -2.26. The Morgan fingerprint density at radius 2 is 2.05 bits per heavy atom. The Hall–Kier alpha value is -2.97. The molecule has 0 radical (unpaired) electrons. The number of aromatic nitrogens is 4. The van der Waals surface area contributed by atoms with E-state index in [2.05, 4.69) is 20.4 Å². The normalized spacial score (nSPS) is 10.2. The largest absolute Gasteiger partial charge is 0.364 e. The van der Waals surface area contributed by atoms with Crippen molar-refractivity contribution < 1.29 is 9.59 Å². The molecular formula is C12H15N7O2. The Kier molecular flexibility index (Phi) is 4.12. The van der Waals surface area contributed by atoms with Gasteiger partial charge in [-0.1, -0.05) is 0 Å². The summed E-state index contributed by atoms with van der Waals surface area (Å²) in [5, 5.41) is 6.95. The second-order valence-corrected chi connectivity index (χ2v) is 4.46. The highest BCUT2D eigenvalue weighted by molar-refractivity contribution is 5.96. The van der Waals surface area contributed by atoms with Gasteiger partial charge in [0.05, 0.1) is 11.9 Å². The molecule has 2 aromatic heterocycles. The fraction of sp³-hybridized carbons (Fsp3) is 0.250. The molecule has 2 heterocycles. The summed E-state index contributed by atoms with van der Waals surface area (Å²) >= 11 is 0. The number of nitrogens with zero attached hydrogens (tertiary/aromatic N) is 5. The molecule has 0 atom stereocenters. The minimum atomic E-state index is -0.680. The first-order chi connectivity index (χ1) is 9.97. The van der Waals surface area contributed by atoms with Crippen molar-refractivity contribution in [2.45, 2.75) is 6.54 Å². The first-order valence-electron chi connectivity index (χ1n) is 6.08. The zero-order valence-electron chi connectivity index (χ0n) is 11.6. The summed E-state index contributed by atoms with van der Waals surface area (Å²) in [5.41, 5.74) is 5.83. The van der Waals surface area contributed by atoms with Crippen LogP contribution in [0.4, 0.5) is 11.5 Å². The van der Waals surface area contributed by atoms with E-state index in [1.165, 1.54) is 28.2 Å². The molecule has 2 amide bonds. The molecule has 9 nitrogen and oxygen atoms in total. The number of nitrogens with one attached hydrogen (secondary N) is 1. The van der Waals surface area contributed by atoms with Crippen molar-refractivity contribution in [2.75, 3.05) is 19.4 Å². The SMILES string of the molecule is CN(C)C(=O)Cn1cc(Nc2nccnc2C(N)=O)cn1. The predicted molar refractivity (Wildman–Crippen MR) is 74.8 cm³/mol. The van der Waals surface area contributed by atoms with Gasteiger partial charge in [-0.15, -0.1) is 0 Å². The molecule has 0 saturated heterocycles. The molecule has 2 aromatic rings. The summed E-state index contributed by atoms with van der Waals surface area (Å²) < 4.78 is 1.48. The summed E-state index contributed by atoms with van der Waals surface area (Å²) in [6.07, 6.45) is 5.96. The highest BCUT2D eigenvalue weighted by atomic mass is 16.2. The predicted octanol–water partition coefficient (Wildman–Crippen LogP) is -0.396. The topological polar surface area (TPSA) is 119 Å². The number of amides is 2. The molecule has 21 heavy (non-hydrogen) atoms. The van der Waals surface area contributed by atoms with Crippen LogP contribution in [0.1, 0.15) is 10.5 Å². The number of likely N-dealkylation sites (N-methyl/N-ethyl adjacent to an activating group) is 1. The van der Waals surface area contributed by atoms with Crippen LogP contribution in [0.25, 0.3) is 0 Å². The molecule has 0 saturated carbocycles. The van der Waals surface area contributed by atoms with Crippen LogP contribution in [0.3, 0.4) is 0 Å². The third-order valence-corrected chi connectivity index (χ3v) is 2.62. The average molecular weight is 289 g/mol. The van der Waals surface area contributed by atoms with E-state index in [9.17, 15) is 9.59 Å². The average Bonchev–Trinajstić information content (AvgIpc) is 2.86. The van der Waals surface area contributed by atoms with Gasteiger partial charge in [-0.3, -0.25) is 14.3 Å². The number of carbonyl (C=O) groups excluding carboxylic acids is 2. The quantitative estimate of drug-likeness (QED) is 0.773. The van der Waals surface area contributed by atoms with E-state index in [0.717, 1.165) is 0 Å². The first kappa shape index (κ1) is 14.4. The Morgan fingerprint density at radius 1 is 1.33 bits per heavy atom. The lowest BCUT2D eigenvalue weighted by molar-refractivity contribution is -0.129. The summed E-state index contributed by atoms with van der Waals surface area (Å²) in [6.45, 7) is 0.123. The standard InChI is InChI=1S/C12H15N7O2/c1-18(2)9(20)7-19-6-8(5-16-19)17-12-10(11(13)21)14-3-4-15-12/h3-6H,7H2,1-2H3,(H2,13,21)(H,15,17). The van der Waals surface area contributed by atoms with E-state index in [-0.39, 0.29) is 24.0 Å². The zero-order valence-corrected chi connectivity index (χ0v) is 11.6. The van der Waals surface area contributed by atoms with E-state index in [1.54, 1.807) is 20.3 Å². The maximum absolute atomic E-state index is 11.6. The van der Waals surface area contributed by atoms with Gasteiger partial charge in [-0.25, -0.2) is 9.97 Å². The second kappa shape index (κ2) is 5.99. The molecule has 0 spiro atoms. The van der Waals surface area contributed by atoms with Crippen molar-refractivity contribution in [1.29, 1.82) is 0 Å². The summed E-state index contributed by atoms with van der Waals surface area (Å²) in [7, 11) is 3.34. The van der Waals surface area contributed by atoms with E-state index < -0.39 is 5.91 Å². The van der Waals surface area contributed by atoms with Crippen molar-refractivity contribution >= 4 is 23.3 Å². The molecule has 0 aliphatic carbocycles. The third-order valence-electron chi connectivity index (χ3n) is 2.62. The number of hydrogen-bond donors (Lipinski definition) is 2. The molecule has 0 unspecified atom stereocenters. The highest BCUT2D eigenvalue weighted by Crippen LogP contribution is 2.15. The Balaban J connectivity index is 2.13. The van der Waals surface area contributed by atoms with Gasteiger partial charge in [-0.05, 0) is 0 Å². The number of anilines is 2. The van der Waals surface area contributed by atoms with Crippen molar-refractivity contribution in [3.8, 4) is 0 Å². The molecule has 9 heteroatoms. The second-order valence-electron chi connectivity index (χ2n) is 4.46. The number of carbonyl (C=O) groups is 2. The molecule has 2 rings (SSSR count). The van der Waals surface area contributed by atoms with E-state index in [0.29, 0.717) is 5.69 Å². The monoisotopic (exact) mass is 289 g/mol. The lowest BCUT2D eigenvalue weighted by Gasteiger charge is -2.09. The van der Waals surface area contributed by atoms with Gasteiger partial charge in [0.1, 0.15) is 6.54 Å². The zero-order chi connectivity index (χ0) is 15.4. The van der Waals surface area contributed by atoms with Crippen LogP contribution in [-0.4, -0.2) is 50.6 Å². The fourth-order valence-corrected chi connectivity index (χ4v) is 1.54. The molecule has 0 aromatic carbocycles. The minimum Gasteiger partial charge on any atom is -0.364 e. The molecule has 0 aliphatic heterocycles. The van der Waals surface area contributed by atoms with Gasteiger partial charge in [0.15, 0.2) is 11.5 Å². The summed E-state index contributed by atoms with van der Waals surface area (Å²) in [4.78, 5) is 32.2. The van der Waals surface area contributed by atoms with E-state index >= 15 is 0 Å². The number of rotatable bonds is 5. The Bertz CT molecular complexity index is 665. The van der Waals surface area contributed by atoms with Gasteiger partial charge >= 0.3 is 0 Å². The lowest BCUT2D eigenvalue weighted by atomic mass is 10.3. The Labute approximate surface area is 120 Å². The van der Waals surface area contributed by atoms with Gasteiger partial charge in [0, 0.05) is 32.7 Å². The van der Waals surface area contributed by atoms with Gasteiger partial charge in [0.25, 0.3) is 5.91 Å². The third kappa shape index (κ3) is 3.53. The Morgan fingerprint density at radius 3 is 2.71 bits per heavy atom. The maximum atomic E-state index is 11.6. The molecular weight excluding hydrogens is 274 g/mol. The summed E-state index contributed by atoms with van der Waals surface area (Å²) in [6, 6.07) is 0. The fourth-order valence-electron chi connectivity index (χ4n) is 1.54. The van der Waals surface area contributed by atoms with Gasteiger partial charge in [0.2, 0.25) is 5.91 Å². The molecule has 0 fully saturated rings. The van der Waals surface area contributed by atoms with Crippen LogP contribution in [0.15, 0.2) is 24.8 Å². The first-order valence-corrected chi connectivity index (χ1v) is 6.08. The van der Waals surface area contributed by atoms with Crippen LogP contribution < -0.4 is 11.1 Å². The van der Waals surface area contributed by atoms with E-state index in [1.807, 2.05) is 0 Å². The van der Waals surface area contributed by atoms with Crippen LogP contribution in [0, 0.1) is 0 Å². The maximum Gasteiger partial charge on any atom is 0.271 e. The smallest absolute Gasteiger partial charge is 0.271 e. The van der Waals surface area contributed by atoms with Crippen molar-refractivity contribution in [1.82, 2.24) is 24.6 Å². The van der Waals surface area contributed by atoms with Crippen LogP contribution >= 0.6 is 0 Å². The highest BCUT2D eigenvalue weighted by Gasteiger charge is 2.12. The van der Waals surface area contributed by atoms with Gasteiger partial charge < -0.3 is 16.0 Å². The molecule has 110 valence electrons. The molecule has 3 N–H and O–H groups in total. The number of primary amides is 1. The number of hydrogen-bond acceptors (Lipinski definition) is 6. The van der Waals surface area contributed by atoms with Crippen molar-refractivity contribution in [2.24, 2.45) is 5.73 Å². The van der Waals surface area contributed by atoms with Crippen LogP contribution in [-0.2, 0) is 11.3 Å². The van der Waals surface area contributed by atoms with Crippen molar-refractivity contribution in [3.05, 3.63) is 30.5 Å². The van der Waals surface area contributed by atoms with E-state index in [4.69, 9.17) is 5.73 Å². The van der Waals surface area contributed by atoms with Crippen LogP contribution in [0.5, 0.6) is 0 Å². The van der Waals surface area contributed by atoms with Crippen molar-refractivity contribution in [3.63, 3.8) is 0 Å². The number of nitrogens with two attached hydrogens (primary N) is 1. The minimum absolute atomic E-state index is 0.0367. The molecule has 0 bridgehead atoms. The molecule has 0 aliphatic rings. The summed E-state index contributed by atoms with van der Waals surface area (Å²) in [5.74, 6) is -0.522. The van der Waals surface area contributed by atoms with Gasteiger partial charge in [-0.2, -0.15) is 5.10 Å². The van der Waals surface area contributed by atoms with Crippen LogP contribution in [0.2, 0.25) is 0 Å².